The van der Waals surface area contributed by atoms with Crippen LogP contribution in [0.4, 0.5) is 4.39 Å². The summed E-state index contributed by atoms with van der Waals surface area (Å²) in [7, 11) is 0. The van der Waals surface area contributed by atoms with E-state index in [1.807, 2.05) is 0 Å². The Morgan fingerprint density at radius 3 is 2.46 bits per heavy atom. The molecule has 0 atom stereocenters. The van der Waals surface area contributed by atoms with Crippen molar-refractivity contribution in [2.45, 2.75) is 6.54 Å². The Morgan fingerprint density at radius 2 is 1.79 bits per heavy atom. The van der Waals surface area contributed by atoms with Crippen molar-refractivity contribution in [1.82, 2.24) is 10.3 Å². The van der Waals surface area contributed by atoms with Crippen LogP contribution in [-0.2, 0) is 16.1 Å². The Labute approximate surface area is 151 Å². The van der Waals surface area contributed by atoms with Crippen LogP contribution in [0.5, 0.6) is 0 Å². The molecule has 2 rings (SSSR count). The van der Waals surface area contributed by atoms with Crippen molar-refractivity contribution < 1.29 is 18.7 Å². The van der Waals surface area contributed by atoms with Crippen molar-refractivity contribution in [3.05, 3.63) is 62.6 Å². The molecular weight excluding hydrogens is 382 g/mol. The van der Waals surface area contributed by atoms with Gasteiger partial charge in [-0.05, 0) is 17.7 Å². The van der Waals surface area contributed by atoms with Crippen LogP contribution in [-0.4, -0.2) is 23.5 Å². The molecule has 126 valence electrons. The fraction of sp³-hybridized carbons (Fsp3) is 0.133. The average Bonchev–Trinajstić information content (AvgIpc) is 2.57. The van der Waals surface area contributed by atoms with Crippen molar-refractivity contribution in [3.63, 3.8) is 0 Å². The number of nitrogens with zero attached hydrogens (tertiary/aromatic N) is 1. The number of halogens is 4. The van der Waals surface area contributed by atoms with Crippen LogP contribution in [0, 0.1) is 5.82 Å². The molecule has 0 unspecified atom stereocenters. The highest BCUT2D eigenvalue weighted by molar-refractivity contribution is 6.48. The van der Waals surface area contributed by atoms with Gasteiger partial charge in [0.1, 0.15) is 5.82 Å². The topological polar surface area (TPSA) is 68.3 Å². The van der Waals surface area contributed by atoms with Gasteiger partial charge >= 0.3 is 5.97 Å². The van der Waals surface area contributed by atoms with Crippen molar-refractivity contribution in [2.24, 2.45) is 0 Å². The van der Waals surface area contributed by atoms with E-state index in [1.54, 1.807) is 0 Å². The molecule has 1 aromatic carbocycles. The number of amides is 1. The zero-order valence-corrected chi connectivity index (χ0v) is 14.3. The van der Waals surface area contributed by atoms with Gasteiger partial charge in [0.25, 0.3) is 5.91 Å². The van der Waals surface area contributed by atoms with Crippen LogP contribution < -0.4 is 5.32 Å². The second-order valence-electron chi connectivity index (χ2n) is 4.56. The zero-order valence-electron chi connectivity index (χ0n) is 12.0. The molecule has 1 heterocycles. The smallest absolute Gasteiger partial charge is 0.359 e. The minimum absolute atomic E-state index is 0.0268. The predicted molar refractivity (Wildman–Crippen MR) is 87.8 cm³/mol. The monoisotopic (exact) mass is 390 g/mol. The molecular formula is C15H10Cl3FN2O3. The van der Waals surface area contributed by atoms with E-state index in [2.05, 4.69) is 10.3 Å². The number of aromatic nitrogens is 1. The predicted octanol–water partition coefficient (Wildman–Crippen LogP) is 3.65. The molecule has 9 heteroatoms. The van der Waals surface area contributed by atoms with Crippen LogP contribution in [0.25, 0.3) is 0 Å². The Balaban J connectivity index is 1.86. The van der Waals surface area contributed by atoms with E-state index >= 15 is 0 Å². The molecule has 0 saturated heterocycles. The first-order valence-electron chi connectivity index (χ1n) is 6.56. The summed E-state index contributed by atoms with van der Waals surface area (Å²) in [5.74, 6) is -1.82. The first kappa shape index (κ1) is 18.4. The van der Waals surface area contributed by atoms with E-state index in [0.717, 1.165) is 6.20 Å². The van der Waals surface area contributed by atoms with E-state index < -0.39 is 18.5 Å². The van der Waals surface area contributed by atoms with E-state index in [0.29, 0.717) is 5.56 Å². The van der Waals surface area contributed by atoms with Crippen molar-refractivity contribution in [1.29, 1.82) is 0 Å². The van der Waals surface area contributed by atoms with Crippen LogP contribution >= 0.6 is 34.8 Å². The molecule has 5 nitrogen and oxygen atoms in total. The molecule has 1 aromatic heterocycles. The van der Waals surface area contributed by atoms with Crippen LogP contribution in [0.3, 0.4) is 0 Å². The minimum Gasteiger partial charge on any atom is -0.451 e. The van der Waals surface area contributed by atoms with Gasteiger partial charge < -0.3 is 10.1 Å². The number of esters is 1. The summed E-state index contributed by atoms with van der Waals surface area (Å²) in [6.07, 6.45) is 1.15. The van der Waals surface area contributed by atoms with Gasteiger partial charge in [-0.1, -0.05) is 46.9 Å². The number of carbonyl (C=O) groups excluding carboxylic acids is 2. The Kier molecular flexibility index (Phi) is 6.36. The Morgan fingerprint density at radius 1 is 1.12 bits per heavy atom. The zero-order chi connectivity index (χ0) is 17.7. The number of ether oxygens (including phenoxy) is 1. The fourth-order valence-electron chi connectivity index (χ4n) is 1.64. The van der Waals surface area contributed by atoms with Gasteiger partial charge in [-0.2, -0.15) is 0 Å². The van der Waals surface area contributed by atoms with Gasteiger partial charge in [-0.15, -0.1) is 0 Å². The molecule has 0 aliphatic rings. The van der Waals surface area contributed by atoms with Gasteiger partial charge in [0.2, 0.25) is 0 Å². The van der Waals surface area contributed by atoms with Gasteiger partial charge in [-0.3, -0.25) is 4.79 Å². The summed E-state index contributed by atoms with van der Waals surface area (Å²) < 4.78 is 17.6. The molecule has 0 aliphatic heterocycles. The second kappa shape index (κ2) is 8.28. The maximum atomic E-state index is 12.8. The largest absolute Gasteiger partial charge is 0.451 e. The Hall–Kier alpha value is -1.89. The second-order valence-corrected chi connectivity index (χ2v) is 5.73. The van der Waals surface area contributed by atoms with Crippen LogP contribution in [0.15, 0.2) is 30.5 Å². The molecule has 2 aromatic rings. The standard InChI is InChI=1S/C15H10Cl3FN2O3/c16-10-6-21-14(13(18)12(10)17)15(23)24-7-11(22)20-5-8-1-3-9(19)4-2-8/h1-4,6H,5,7H2,(H,20,22). The molecule has 0 bridgehead atoms. The van der Waals surface area contributed by atoms with E-state index in [-0.39, 0.29) is 33.1 Å². The molecule has 0 fully saturated rings. The van der Waals surface area contributed by atoms with Gasteiger partial charge in [0.15, 0.2) is 12.3 Å². The lowest BCUT2D eigenvalue weighted by molar-refractivity contribution is -0.124. The van der Waals surface area contributed by atoms with Gasteiger partial charge in [0.05, 0.1) is 15.1 Å². The molecule has 1 amide bonds. The lowest BCUT2D eigenvalue weighted by Crippen LogP contribution is -2.28. The number of pyridine rings is 1. The number of carbonyl (C=O) groups is 2. The van der Waals surface area contributed by atoms with E-state index in [1.165, 1.54) is 24.3 Å². The van der Waals surface area contributed by atoms with Crippen LogP contribution in [0.2, 0.25) is 15.1 Å². The first-order chi connectivity index (χ1) is 11.4. The molecule has 0 spiro atoms. The van der Waals surface area contributed by atoms with Crippen LogP contribution in [0.1, 0.15) is 16.1 Å². The quantitative estimate of drug-likeness (QED) is 0.790. The third kappa shape index (κ3) is 4.80. The summed E-state index contributed by atoms with van der Waals surface area (Å²) in [6.45, 7) is -0.360. The molecule has 0 aliphatic carbocycles. The third-order valence-electron chi connectivity index (χ3n) is 2.85. The highest BCUT2D eigenvalue weighted by atomic mass is 35.5. The van der Waals surface area contributed by atoms with Crippen molar-refractivity contribution >= 4 is 46.7 Å². The summed E-state index contributed by atoms with van der Waals surface area (Å²) in [6, 6.07) is 5.61. The van der Waals surface area contributed by atoms with E-state index in [9.17, 15) is 14.0 Å². The maximum absolute atomic E-state index is 12.8. The summed E-state index contributed by atoms with van der Waals surface area (Å²) in [5.41, 5.74) is 0.461. The number of hydrogen-bond acceptors (Lipinski definition) is 4. The molecule has 0 saturated carbocycles. The highest BCUT2D eigenvalue weighted by Crippen LogP contribution is 2.31. The molecule has 24 heavy (non-hydrogen) atoms. The normalized spacial score (nSPS) is 10.3. The summed E-state index contributed by atoms with van der Waals surface area (Å²) in [5, 5.41) is 2.44. The van der Waals surface area contributed by atoms with Gasteiger partial charge in [-0.25, -0.2) is 14.2 Å². The number of hydrogen-bond donors (Lipinski definition) is 1. The SMILES string of the molecule is O=C(COC(=O)c1ncc(Cl)c(Cl)c1Cl)NCc1ccc(F)cc1. The molecule has 1 N–H and O–H groups in total. The van der Waals surface area contributed by atoms with Crippen molar-refractivity contribution in [2.75, 3.05) is 6.61 Å². The Bertz CT molecular complexity index is 769. The third-order valence-corrected chi connectivity index (χ3v) is 4.09. The molecule has 0 radical (unpaired) electrons. The maximum Gasteiger partial charge on any atom is 0.359 e. The number of rotatable bonds is 5. The van der Waals surface area contributed by atoms with Crippen molar-refractivity contribution in [3.8, 4) is 0 Å². The average molecular weight is 392 g/mol. The summed E-state index contributed by atoms with van der Waals surface area (Å²) >= 11 is 17.4. The number of benzene rings is 1. The fourth-order valence-corrected chi connectivity index (χ4v) is 2.20. The lowest BCUT2D eigenvalue weighted by atomic mass is 10.2. The minimum atomic E-state index is -0.907. The summed E-state index contributed by atoms with van der Waals surface area (Å²) in [4.78, 5) is 27.2. The first-order valence-corrected chi connectivity index (χ1v) is 7.69. The highest BCUT2D eigenvalue weighted by Gasteiger charge is 2.19. The number of nitrogens with one attached hydrogen (secondary N) is 1. The lowest BCUT2D eigenvalue weighted by Gasteiger charge is -2.08. The van der Waals surface area contributed by atoms with E-state index in [4.69, 9.17) is 39.5 Å². The van der Waals surface area contributed by atoms with Gasteiger partial charge in [0, 0.05) is 12.7 Å².